The molecule has 0 aromatic heterocycles. The van der Waals surface area contributed by atoms with Gasteiger partial charge in [-0.25, -0.2) is 4.21 Å². The van der Waals surface area contributed by atoms with Gasteiger partial charge in [-0.3, -0.25) is 0 Å². The third-order valence-corrected chi connectivity index (χ3v) is 4.35. The Hall–Kier alpha value is -1.01. The molecule has 152 valence electrons. The van der Waals surface area contributed by atoms with Crippen LogP contribution >= 0.6 is 0 Å². The topological polar surface area (TPSA) is 49.4 Å². The van der Waals surface area contributed by atoms with Crippen LogP contribution in [0.5, 0.6) is 0 Å². The fourth-order valence-corrected chi connectivity index (χ4v) is 2.98. The van der Waals surface area contributed by atoms with Crippen molar-refractivity contribution in [2.75, 3.05) is 32.8 Å². The maximum absolute atomic E-state index is 9.95. The molecule has 0 radical (unpaired) electrons. The molecule has 1 unspecified atom stereocenters. The molecule has 0 spiro atoms. The van der Waals surface area contributed by atoms with E-state index in [2.05, 4.69) is 37.4 Å². The summed E-state index contributed by atoms with van der Waals surface area (Å²) in [6.45, 7) is 21.4. The van der Waals surface area contributed by atoms with E-state index in [9.17, 15) is 8.76 Å². The summed E-state index contributed by atoms with van der Waals surface area (Å²) in [5.74, 6) is 0. The molecular formula is C21H39NO3S. The Morgan fingerprint density at radius 3 is 1.54 bits per heavy atom. The van der Waals surface area contributed by atoms with Crippen LogP contribution in [-0.2, 0) is 15.5 Å². The summed E-state index contributed by atoms with van der Waals surface area (Å²) in [5.41, 5.74) is 0. The van der Waals surface area contributed by atoms with Gasteiger partial charge < -0.3 is 13.2 Å². The summed E-state index contributed by atoms with van der Waals surface area (Å²) >= 11 is -2.33. The van der Waals surface area contributed by atoms with Crippen molar-refractivity contribution in [3.63, 3.8) is 0 Å². The van der Waals surface area contributed by atoms with Crippen molar-refractivity contribution >= 4 is 11.4 Å². The van der Waals surface area contributed by atoms with Crippen molar-refractivity contribution in [1.29, 1.82) is 0 Å². The lowest BCUT2D eigenvalue weighted by molar-refractivity contribution is -0.906. The second-order valence-corrected chi connectivity index (χ2v) is 7.02. The molecule has 0 bridgehead atoms. The molecule has 0 aliphatic carbocycles. The molecule has 0 N–H and O–H groups in total. The summed E-state index contributed by atoms with van der Waals surface area (Å²) in [6, 6.07) is 0. The van der Waals surface area contributed by atoms with Crippen molar-refractivity contribution < 1.29 is 17.4 Å². The van der Waals surface area contributed by atoms with Gasteiger partial charge in [-0.2, -0.15) is 0 Å². The Kier molecular flexibility index (Phi) is 21.2. The molecule has 0 amide bonds. The van der Waals surface area contributed by atoms with Gasteiger partial charge >= 0.3 is 0 Å². The monoisotopic (exact) mass is 385 g/mol. The molecule has 0 heterocycles. The SMILES string of the molecule is C=CC[N+](CC=C)(CC=C)CC=C.CCCCCCCCCOS(=O)[O-]. The van der Waals surface area contributed by atoms with Gasteiger partial charge in [0.1, 0.15) is 0 Å². The molecule has 0 saturated carbocycles. The summed E-state index contributed by atoms with van der Waals surface area (Å²) in [5, 5.41) is 0. The lowest BCUT2D eigenvalue weighted by Crippen LogP contribution is -2.48. The lowest BCUT2D eigenvalue weighted by Gasteiger charge is -2.35. The van der Waals surface area contributed by atoms with E-state index in [0.29, 0.717) is 6.61 Å². The zero-order chi connectivity index (χ0) is 20.1. The second kappa shape index (κ2) is 20.3. The zero-order valence-electron chi connectivity index (χ0n) is 16.7. The third-order valence-electron chi connectivity index (χ3n) is 3.99. The number of rotatable bonds is 17. The predicted octanol–water partition coefficient (Wildman–Crippen LogP) is 5.09. The summed E-state index contributed by atoms with van der Waals surface area (Å²) < 4.78 is 25.2. The highest BCUT2D eigenvalue weighted by molar-refractivity contribution is 7.74. The first kappa shape index (κ1) is 27.2. The van der Waals surface area contributed by atoms with E-state index >= 15 is 0 Å². The van der Waals surface area contributed by atoms with Gasteiger partial charge in [0.05, 0.1) is 44.1 Å². The van der Waals surface area contributed by atoms with Gasteiger partial charge in [-0.05, 0) is 30.7 Å². The highest BCUT2D eigenvalue weighted by Crippen LogP contribution is 2.08. The van der Waals surface area contributed by atoms with Gasteiger partial charge in [0, 0.05) is 0 Å². The minimum absolute atomic E-state index is 0.337. The van der Waals surface area contributed by atoms with Crippen LogP contribution in [-0.4, -0.2) is 46.0 Å². The van der Waals surface area contributed by atoms with Crippen molar-refractivity contribution in [1.82, 2.24) is 0 Å². The summed E-state index contributed by atoms with van der Waals surface area (Å²) in [6.07, 6.45) is 16.0. The second-order valence-electron chi connectivity index (χ2n) is 6.37. The average Bonchev–Trinajstić information content (AvgIpc) is 2.58. The van der Waals surface area contributed by atoms with E-state index in [1.54, 1.807) is 0 Å². The Balaban J connectivity index is 0. The van der Waals surface area contributed by atoms with Gasteiger partial charge in [0.2, 0.25) is 0 Å². The predicted molar refractivity (Wildman–Crippen MR) is 113 cm³/mol. The van der Waals surface area contributed by atoms with Crippen LogP contribution in [0.3, 0.4) is 0 Å². The molecule has 5 heteroatoms. The van der Waals surface area contributed by atoms with Crippen LogP contribution in [0.25, 0.3) is 0 Å². The van der Waals surface area contributed by atoms with Gasteiger partial charge in [0.15, 0.2) is 0 Å². The van der Waals surface area contributed by atoms with Crippen LogP contribution in [0.1, 0.15) is 51.9 Å². The first-order chi connectivity index (χ1) is 12.5. The molecule has 26 heavy (non-hydrogen) atoms. The van der Waals surface area contributed by atoms with Crippen LogP contribution in [0.15, 0.2) is 50.6 Å². The summed E-state index contributed by atoms with van der Waals surface area (Å²) in [7, 11) is 0. The Morgan fingerprint density at radius 1 is 0.808 bits per heavy atom. The standard InChI is InChI=1S/C12H20N.C9H20O3S/c1-5-9-13(10-6-2,11-7-3)12-8-4;1-2-3-4-5-6-7-8-9-12-13(10)11/h5-8H,1-4,9-12H2;2-9H2,1H3,(H,10,11)/q+1;/p-1. The van der Waals surface area contributed by atoms with E-state index in [1.165, 1.54) is 32.1 Å². The van der Waals surface area contributed by atoms with Crippen molar-refractivity contribution in [2.45, 2.75) is 51.9 Å². The fraction of sp³-hybridized carbons (Fsp3) is 0.619. The van der Waals surface area contributed by atoms with Crippen molar-refractivity contribution in [3.8, 4) is 0 Å². The number of unbranched alkanes of at least 4 members (excludes halogenated alkanes) is 6. The van der Waals surface area contributed by atoms with E-state index in [-0.39, 0.29) is 0 Å². The third kappa shape index (κ3) is 17.8. The largest absolute Gasteiger partial charge is 0.750 e. The minimum atomic E-state index is -2.33. The van der Waals surface area contributed by atoms with Crippen LogP contribution in [0.4, 0.5) is 0 Å². The molecule has 4 nitrogen and oxygen atoms in total. The maximum Gasteiger partial charge on any atom is 0.0978 e. The zero-order valence-corrected chi connectivity index (χ0v) is 17.5. The highest BCUT2D eigenvalue weighted by Gasteiger charge is 2.20. The lowest BCUT2D eigenvalue weighted by atomic mass is 10.1. The molecule has 0 rings (SSSR count). The van der Waals surface area contributed by atoms with Gasteiger partial charge in [-0.1, -0.05) is 71.8 Å². The van der Waals surface area contributed by atoms with E-state index in [0.717, 1.165) is 43.5 Å². The number of quaternary nitrogens is 1. The molecule has 1 atom stereocenters. The Morgan fingerprint density at radius 2 is 1.19 bits per heavy atom. The quantitative estimate of drug-likeness (QED) is 0.152. The Bertz CT molecular complexity index is 351. The molecule has 0 aromatic carbocycles. The smallest absolute Gasteiger partial charge is 0.0978 e. The maximum atomic E-state index is 9.95. The van der Waals surface area contributed by atoms with Gasteiger partial charge in [0.25, 0.3) is 0 Å². The van der Waals surface area contributed by atoms with Crippen molar-refractivity contribution in [2.24, 2.45) is 0 Å². The Labute approximate surface area is 164 Å². The number of nitrogens with zero attached hydrogens (tertiary/aromatic N) is 1. The van der Waals surface area contributed by atoms with Crippen LogP contribution in [0.2, 0.25) is 0 Å². The normalized spacial score (nSPS) is 11.8. The first-order valence-corrected chi connectivity index (χ1v) is 10.5. The molecule has 0 aliphatic heterocycles. The summed E-state index contributed by atoms with van der Waals surface area (Å²) in [4.78, 5) is 0. The van der Waals surface area contributed by atoms with Crippen LogP contribution in [0, 0.1) is 0 Å². The first-order valence-electron chi connectivity index (χ1n) is 9.53. The van der Waals surface area contributed by atoms with E-state index < -0.39 is 11.4 Å². The highest BCUT2D eigenvalue weighted by atomic mass is 32.2. The molecular weight excluding hydrogens is 346 g/mol. The van der Waals surface area contributed by atoms with Crippen molar-refractivity contribution in [3.05, 3.63) is 50.6 Å². The fourth-order valence-electron chi connectivity index (χ4n) is 2.73. The molecule has 0 fully saturated rings. The van der Waals surface area contributed by atoms with Crippen LogP contribution < -0.4 is 0 Å². The number of hydrogen-bond donors (Lipinski definition) is 0. The average molecular weight is 386 g/mol. The van der Waals surface area contributed by atoms with E-state index in [1.807, 2.05) is 24.3 Å². The minimum Gasteiger partial charge on any atom is -0.750 e. The van der Waals surface area contributed by atoms with Gasteiger partial charge in [-0.15, -0.1) is 0 Å². The number of hydrogen-bond acceptors (Lipinski definition) is 3. The molecule has 0 saturated heterocycles. The molecule has 0 aromatic rings. The molecule has 0 aliphatic rings. The van der Waals surface area contributed by atoms with E-state index in [4.69, 9.17) is 0 Å².